The van der Waals surface area contributed by atoms with Gasteiger partial charge in [0.25, 0.3) is 0 Å². The van der Waals surface area contributed by atoms with Gasteiger partial charge in [0.1, 0.15) is 0 Å². The predicted molar refractivity (Wildman–Crippen MR) is 108 cm³/mol. The third-order valence-electron chi connectivity index (χ3n) is 3.75. The minimum atomic E-state index is -1.11. The first kappa shape index (κ1) is 20.6. The van der Waals surface area contributed by atoms with Crippen LogP contribution in [0.3, 0.4) is 0 Å². The van der Waals surface area contributed by atoms with E-state index in [0.29, 0.717) is 24.5 Å². The number of carboxylic acid groups (broad SMARTS) is 1. The number of aromatic carboxylic acids is 1. The molecule has 0 unspecified atom stereocenters. The first-order valence-electron chi connectivity index (χ1n) is 8.61. The molecule has 6 nitrogen and oxygen atoms in total. The maximum atomic E-state index is 12.1. The quantitative estimate of drug-likeness (QED) is 0.393. The fourth-order valence-electron chi connectivity index (χ4n) is 2.39. The van der Waals surface area contributed by atoms with E-state index in [4.69, 9.17) is 21.0 Å². The minimum Gasteiger partial charge on any atom is -0.493 e. The van der Waals surface area contributed by atoms with Crippen molar-refractivity contribution in [2.24, 2.45) is 0 Å². The highest BCUT2D eigenvalue weighted by atomic mass is 16.5. The molecule has 2 rings (SSSR count). The van der Waals surface area contributed by atoms with Crippen molar-refractivity contribution in [2.45, 2.75) is 12.8 Å². The SMILES string of the molecule is C#CCCCOc1ccc(/C=C/C(=O)Nc2ccccc2C(=O)O)cc1OC. The Balaban J connectivity index is 2.04. The van der Waals surface area contributed by atoms with E-state index in [-0.39, 0.29) is 11.3 Å². The zero-order valence-corrected chi connectivity index (χ0v) is 15.5. The van der Waals surface area contributed by atoms with Gasteiger partial charge in [0.2, 0.25) is 5.91 Å². The van der Waals surface area contributed by atoms with Crippen molar-refractivity contribution in [3.05, 3.63) is 59.7 Å². The molecule has 0 radical (unpaired) electrons. The van der Waals surface area contributed by atoms with Crippen LogP contribution in [-0.2, 0) is 4.79 Å². The van der Waals surface area contributed by atoms with Gasteiger partial charge in [-0.3, -0.25) is 4.79 Å². The van der Waals surface area contributed by atoms with Crippen LogP contribution in [0.15, 0.2) is 48.5 Å². The van der Waals surface area contributed by atoms with Gasteiger partial charge in [0.05, 0.1) is 25.0 Å². The van der Waals surface area contributed by atoms with Crippen molar-refractivity contribution in [3.63, 3.8) is 0 Å². The number of ether oxygens (including phenoxy) is 2. The Hall–Kier alpha value is -3.72. The summed E-state index contributed by atoms with van der Waals surface area (Å²) in [6.45, 7) is 0.487. The van der Waals surface area contributed by atoms with Gasteiger partial charge in [-0.15, -0.1) is 12.3 Å². The van der Waals surface area contributed by atoms with Gasteiger partial charge >= 0.3 is 5.97 Å². The lowest BCUT2D eigenvalue weighted by atomic mass is 10.1. The molecule has 2 N–H and O–H groups in total. The number of carbonyl (C=O) groups excluding carboxylic acids is 1. The molecule has 0 aliphatic heterocycles. The molecule has 0 spiro atoms. The summed E-state index contributed by atoms with van der Waals surface area (Å²) in [6, 6.07) is 11.5. The molecule has 0 heterocycles. The number of hydrogen-bond donors (Lipinski definition) is 2. The Morgan fingerprint density at radius 1 is 1.21 bits per heavy atom. The summed E-state index contributed by atoms with van der Waals surface area (Å²) < 4.78 is 11.0. The van der Waals surface area contributed by atoms with Crippen LogP contribution in [0.5, 0.6) is 11.5 Å². The summed E-state index contributed by atoms with van der Waals surface area (Å²) in [5.41, 5.74) is 0.990. The normalized spacial score (nSPS) is 10.3. The Kier molecular flexibility index (Phi) is 7.67. The smallest absolute Gasteiger partial charge is 0.337 e. The summed E-state index contributed by atoms with van der Waals surface area (Å²) in [5, 5.41) is 11.7. The number of nitrogens with one attached hydrogen (secondary N) is 1. The van der Waals surface area contributed by atoms with Crippen molar-refractivity contribution in [1.29, 1.82) is 0 Å². The zero-order chi connectivity index (χ0) is 20.4. The van der Waals surface area contributed by atoms with Crippen molar-refractivity contribution < 1.29 is 24.2 Å². The van der Waals surface area contributed by atoms with Crippen LogP contribution < -0.4 is 14.8 Å². The van der Waals surface area contributed by atoms with Gasteiger partial charge in [0.15, 0.2) is 11.5 Å². The van der Waals surface area contributed by atoms with E-state index in [1.165, 1.54) is 25.3 Å². The van der Waals surface area contributed by atoms with Crippen molar-refractivity contribution in [2.75, 3.05) is 19.0 Å². The van der Waals surface area contributed by atoms with Gasteiger partial charge in [-0.1, -0.05) is 18.2 Å². The summed E-state index contributed by atoms with van der Waals surface area (Å²) in [4.78, 5) is 23.3. The van der Waals surface area contributed by atoms with E-state index in [1.54, 1.807) is 36.4 Å². The summed E-state index contributed by atoms with van der Waals surface area (Å²) >= 11 is 0. The summed E-state index contributed by atoms with van der Waals surface area (Å²) in [7, 11) is 1.53. The molecule has 144 valence electrons. The molecular formula is C22H21NO5. The first-order valence-corrected chi connectivity index (χ1v) is 8.61. The third-order valence-corrected chi connectivity index (χ3v) is 3.75. The van der Waals surface area contributed by atoms with Crippen molar-refractivity contribution in [3.8, 4) is 23.8 Å². The molecule has 0 aliphatic carbocycles. The Bertz CT molecular complexity index is 911. The summed E-state index contributed by atoms with van der Waals surface area (Å²) in [5.74, 6) is 2.14. The number of terminal acetylenes is 1. The maximum Gasteiger partial charge on any atom is 0.337 e. The molecule has 2 aromatic carbocycles. The molecular weight excluding hydrogens is 358 g/mol. The van der Waals surface area contributed by atoms with E-state index in [2.05, 4.69) is 11.2 Å². The maximum absolute atomic E-state index is 12.1. The van der Waals surface area contributed by atoms with Crippen LogP contribution in [0.4, 0.5) is 5.69 Å². The lowest BCUT2D eigenvalue weighted by Gasteiger charge is -2.11. The standard InChI is InChI=1S/C22H21NO5/c1-3-4-7-14-28-19-12-10-16(15-20(19)27-2)11-13-21(24)23-18-9-6-5-8-17(18)22(25)26/h1,5-6,8-13,15H,4,7,14H2,2H3,(H,23,24)(H,25,26)/b13-11+. The second kappa shape index (κ2) is 10.4. The molecule has 0 atom stereocenters. The molecule has 2 aromatic rings. The van der Waals surface area contributed by atoms with Gasteiger partial charge in [-0.2, -0.15) is 0 Å². The van der Waals surface area contributed by atoms with E-state index < -0.39 is 11.9 Å². The van der Waals surface area contributed by atoms with Gasteiger partial charge < -0.3 is 19.9 Å². The number of anilines is 1. The fourth-order valence-corrected chi connectivity index (χ4v) is 2.39. The monoisotopic (exact) mass is 379 g/mol. The number of amides is 1. The second-order valence-corrected chi connectivity index (χ2v) is 5.74. The van der Waals surface area contributed by atoms with E-state index in [9.17, 15) is 9.59 Å². The molecule has 0 aromatic heterocycles. The van der Waals surface area contributed by atoms with E-state index in [1.807, 2.05) is 0 Å². The zero-order valence-electron chi connectivity index (χ0n) is 15.5. The number of para-hydroxylation sites is 1. The van der Waals surface area contributed by atoms with Crippen LogP contribution in [0.2, 0.25) is 0 Å². The molecule has 0 bridgehead atoms. The van der Waals surface area contributed by atoms with Gasteiger partial charge in [-0.05, 0) is 42.3 Å². The number of methoxy groups -OCH3 is 1. The predicted octanol–water partition coefficient (Wildman–Crippen LogP) is 3.84. The Morgan fingerprint density at radius 2 is 2.00 bits per heavy atom. The number of carbonyl (C=O) groups is 2. The molecule has 6 heteroatoms. The van der Waals surface area contributed by atoms with Crippen LogP contribution in [0.25, 0.3) is 6.08 Å². The number of unbranched alkanes of at least 4 members (excludes halogenated alkanes) is 1. The lowest BCUT2D eigenvalue weighted by molar-refractivity contribution is -0.111. The number of hydrogen-bond acceptors (Lipinski definition) is 4. The highest BCUT2D eigenvalue weighted by Gasteiger charge is 2.10. The van der Waals surface area contributed by atoms with Crippen LogP contribution >= 0.6 is 0 Å². The highest BCUT2D eigenvalue weighted by Crippen LogP contribution is 2.28. The van der Waals surface area contributed by atoms with Crippen LogP contribution in [-0.4, -0.2) is 30.7 Å². The molecule has 0 saturated carbocycles. The largest absolute Gasteiger partial charge is 0.493 e. The van der Waals surface area contributed by atoms with Gasteiger partial charge in [0, 0.05) is 12.5 Å². The molecule has 1 amide bonds. The molecule has 0 aliphatic rings. The average molecular weight is 379 g/mol. The number of carboxylic acids is 1. The Morgan fingerprint density at radius 3 is 2.71 bits per heavy atom. The van der Waals surface area contributed by atoms with E-state index >= 15 is 0 Å². The van der Waals surface area contributed by atoms with Crippen molar-refractivity contribution >= 4 is 23.6 Å². The van der Waals surface area contributed by atoms with Crippen LogP contribution in [0.1, 0.15) is 28.8 Å². The molecule has 28 heavy (non-hydrogen) atoms. The summed E-state index contributed by atoms with van der Waals surface area (Å²) in [6.07, 6.45) is 9.53. The Labute approximate surface area is 163 Å². The van der Waals surface area contributed by atoms with Crippen molar-refractivity contribution in [1.82, 2.24) is 0 Å². The fraction of sp³-hybridized carbons (Fsp3) is 0.182. The number of benzene rings is 2. The number of rotatable bonds is 9. The minimum absolute atomic E-state index is 0.0252. The first-order chi connectivity index (χ1) is 13.5. The van der Waals surface area contributed by atoms with Gasteiger partial charge in [-0.25, -0.2) is 4.79 Å². The molecule has 0 saturated heterocycles. The topological polar surface area (TPSA) is 84.9 Å². The second-order valence-electron chi connectivity index (χ2n) is 5.74. The third kappa shape index (κ3) is 5.92. The van der Waals surface area contributed by atoms with Crippen LogP contribution in [0, 0.1) is 12.3 Å². The lowest BCUT2D eigenvalue weighted by Crippen LogP contribution is -2.11. The average Bonchev–Trinajstić information content (AvgIpc) is 2.70. The molecule has 0 fully saturated rings. The highest BCUT2D eigenvalue weighted by molar-refractivity contribution is 6.06. The van der Waals surface area contributed by atoms with E-state index in [0.717, 1.165) is 12.0 Å².